The first-order valence-electron chi connectivity index (χ1n) is 9.70. The molecular weight excluding hydrogens is 372 g/mol. The smallest absolute Gasteiger partial charge is 0.261 e. The molecule has 152 valence electrons. The molecule has 2 heterocycles. The number of hydrogen-bond acceptors (Lipinski definition) is 5. The number of methoxy groups -OCH3 is 1. The van der Waals surface area contributed by atoms with Gasteiger partial charge < -0.3 is 24.0 Å². The molecule has 0 N–H and O–H groups in total. The van der Waals surface area contributed by atoms with Gasteiger partial charge in [-0.05, 0) is 24.3 Å². The average Bonchev–Trinajstić information content (AvgIpc) is 3.18. The topological polar surface area (TPSA) is 68.3 Å². The van der Waals surface area contributed by atoms with Crippen molar-refractivity contribution in [2.75, 3.05) is 38.3 Å². The quantitative estimate of drug-likeness (QED) is 0.748. The zero-order valence-electron chi connectivity index (χ0n) is 16.3. The molecule has 2 aromatic carbocycles. The molecule has 0 aromatic heterocycles. The van der Waals surface area contributed by atoms with Gasteiger partial charge in [-0.2, -0.15) is 0 Å². The van der Waals surface area contributed by atoms with Gasteiger partial charge in [0, 0.05) is 20.1 Å². The molecule has 0 spiro atoms. The van der Waals surface area contributed by atoms with Crippen molar-refractivity contribution < 1.29 is 23.8 Å². The van der Waals surface area contributed by atoms with Crippen molar-refractivity contribution in [2.24, 2.45) is 0 Å². The number of rotatable bonds is 6. The highest BCUT2D eigenvalue weighted by Crippen LogP contribution is 2.36. The Hall–Kier alpha value is -3.06. The normalized spacial score (nSPS) is 20.5. The van der Waals surface area contributed by atoms with Gasteiger partial charge in [0.1, 0.15) is 23.6 Å². The Balaban J connectivity index is 1.55. The van der Waals surface area contributed by atoms with E-state index in [1.807, 2.05) is 42.5 Å². The van der Waals surface area contributed by atoms with Crippen LogP contribution >= 0.6 is 0 Å². The molecule has 1 saturated heterocycles. The Morgan fingerprint density at radius 3 is 2.69 bits per heavy atom. The molecule has 2 aliphatic rings. The summed E-state index contributed by atoms with van der Waals surface area (Å²) in [5.74, 6) is 0.925. The van der Waals surface area contributed by atoms with E-state index in [4.69, 9.17) is 14.2 Å². The zero-order valence-corrected chi connectivity index (χ0v) is 16.3. The van der Waals surface area contributed by atoms with Crippen molar-refractivity contribution in [3.8, 4) is 11.5 Å². The number of ether oxygens (including phenoxy) is 3. The van der Waals surface area contributed by atoms with Gasteiger partial charge in [0.05, 0.1) is 18.8 Å². The molecular formula is C22H24N2O5. The van der Waals surface area contributed by atoms with E-state index in [0.29, 0.717) is 43.3 Å². The van der Waals surface area contributed by atoms with Crippen LogP contribution < -0.4 is 14.4 Å². The van der Waals surface area contributed by atoms with Gasteiger partial charge >= 0.3 is 0 Å². The third-order valence-corrected chi connectivity index (χ3v) is 5.21. The van der Waals surface area contributed by atoms with Gasteiger partial charge in [0.25, 0.3) is 5.91 Å². The third kappa shape index (κ3) is 4.05. The molecule has 4 rings (SSSR count). The maximum absolute atomic E-state index is 13.4. The summed E-state index contributed by atoms with van der Waals surface area (Å²) in [6.07, 6.45) is 0.239. The fraction of sp³-hybridized carbons (Fsp3) is 0.364. The lowest BCUT2D eigenvalue weighted by Gasteiger charge is -2.31. The monoisotopic (exact) mass is 396 g/mol. The predicted octanol–water partition coefficient (Wildman–Crippen LogP) is 2.11. The number of nitrogens with zero attached hydrogens (tertiary/aromatic N) is 2. The van der Waals surface area contributed by atoms with E-state index < -0.39 is 6.04 Å². The average molecular weight is 396 g/mol. The molecule has 0 aliphatic carbocycles. The summed E-state index contributed by atoms with van der Waals surface area (Å²) in [5.41, 5.74) is 0.707. The van der Waals surface area contributed by atoms with Crippen LogP contribution in [0.25, 0.3) is 0 Å². The number of amides is 2. The first-order chi connectivity index (χ1) is 14.2. The molecule has 2 aliphatic heterocycles. The van der Waals surface area contributed by atoms with E-state index in [1.54, 1.807) is 29.0 Å². The summed E-state index contributed by atoms with van der Waals surface area (Å²) in [7, 11) is 1.60. The van der Waals surface area contributed by atoms with E-state index in [1.165, 1.54) is 0 Å². The standard InChI is InChI=1S/C22H24N2O5/c1-27-12-11-23-18-9-5-6-10-20(18)29-17-13-19(22(23)26)24(14-17)21(25)15-28-16-7-3-2-4-8-16/h2-10,17,19H,11-15H2,1H3/t17-,19-/m0/s1. The summed E-state index contributed by atoms with van der Waals surface area (Å²) in [4.78, 5) is 29.5. The molecule has 1 fully saturated rings. The molecule has 2 amide bonds. The largest absolute Gasteiger partial charge is 0.486 e. The van der Waals surface area contributed by atoms with E-state index in [2.05, 4.69) is 0 Å². The number of para-hydroxylation sites is 3. The van der Waals surface area contributed by atoms with Crippen molar-refractivity contribution >= 4 is 17.5 Å². The fourth-order valence-electron chi connectivity index (χ4n) is 3.81. The first kappa shape index (κ1) is 19.3. The van der Waals surface area contributed by atoms with Gasteiger partial charge in [-0.15, -0.1) is 0 Å². The van der Waals surface area contributed by atoms with Gasteiger partial charge in [-0.3, -0.25) is 9.59 Å². The van der Waals surface area contributed by atoms with E-state index >= 15 is 0 Å². The first-order valence-corrected chi connectivity index (χ1v) is 9.70. The van der Waals surface area contributed by atoms with Crippen LogP contribution in [0.1, 0.15) is 6.42 Å². The molecule has 0 unspecified atom stereocenters. The number of fused-ring (bicyclic) bond motifs is 3. The van der Waals surface area contributed by atoms with E-state index in [9.17, 15) is 9.59 Å². The minimum absolute atomic E-state index is 0.117. The van der Waals surface area contributed by atoms with Crippen LogP contribution in [0.4, 0.5) is 5.69 Å². The summed E-state index contributed by atoms with van der Waals surface area (Å²) in [6, 6.07) is 16.1. The fourth-order valence-corrected chi connectivity index (χ4v) is 3.81. The second-order valence-electron chi connectivity index (χ2n) is 7.09. The number of carbonyl (C=O) groups is 2. The van der Waals surface area contributed by atoms with Crippen LogP contribution in [0, 0.1) is 0 Å². The zero-order chi connectivity index (χ0) is 20.2. The molecule has 2 bridgehead atoms. The third-order valence-electron chi connectivity index (χ3n) is 5.21. The highest BCUT2D eigenvalue weighted by Gasteiger charge is 2.44. The SMILES string of the molecule is COCCN1C(=O)[C@@H]2C[C@@H](CN2C(=O)COc2ccccc2)Oc2ccccc21. The second kappa shape index (κ2) is 8.53. The molecule has 7 nitrogen and oxygen atoms in total. The maximum Gasteiger partial charge on any atom is 0.261 e. The Morgan fingerprint density at radius 1 is 1.14 bits per heavy atom. The lowest BCUT2D eigenvalue weighted by molar-refractivity contribution is -0.139. The molecule has 2 atom stereocenters. The summed E-state index contributed by atoms with van der Waals surface area (Å²) >= 11 is 0. The summed E-state index contributed by atoms with van der Waals surface area (Å²) in [6.45, 7) is 1.02. The van der Waals surface area contributed by atoms with Gasteiger partial charge in [-0.1, -0.05) is 30.3 Å². The number of benzene rings is 2. The molecule has 0 saturated carbocycles. The second-order valence-corrected chi connectivity index (χ2v) is 7.09. The van der Waals surface area contributed by atoms with Crippen molar-refractivity contribution in [1.82, 2.24) is 4.90 Å². The van der Waals surface area contributed by atoms with Gasteiger partial charge in [0.2, 0.25) is 5.91 Å². The lowest BCUT2D eigenvalue weighted by atomic mass is 10.1. The van der Waals surface area contributed by atoms with Crippen LogP contribution in [0.15, 0.2) is 54.6 Å². The minimum Gasteiger partial charge on any atom is -0.486 e. The number of anilines is 1. The Morgan fingerprint density at radius 2 is 1.90 bits per heavy atom. The van der Waals surface area contributed by atoms with Gasteiger partial charge in [0.15, 0.2) is 6.61 Å². The number of hydrogen-bond donors (Lipinski definition) is 0. The highest BCUT2D eigenvalue weighted by atomic mass is 16.5. The lowest BCUT2D eigenvalue weighted by Crippen LogP contribution is -2.50. The van der Waals surface area contributed by atoms with Crippen LogP contribution in [-0.2, 0) is 14.3 Å². The van der Waals surface area contributed by atoms with Crippen molar-refractivity contribution in [3.63, 3.8) is 0 Å². The van der Waals surface area contributed by atoms with Gasteiger partial charge in [-0.25, -0.2) is 0 Å². The Labute approximate surface area is 169 Å². The maximum atomic E-state index is 13.4. The van der Waals surface area contributed by atoms with Crippen LogP contribution in [0.5, 0.6) is 11.5 Å². The number of carbonyl (C=O) groups excluding carboxylic acids is 2. The van der Waals surface area contributed by atoms with E-state index in [-0.39, 0.29) is 24.5 Å². The molecule has 29 heavy (non-hydrogen) atoms. The van der Waals surface area contributed by atoms with Crippen LogP contribution in [0.2, 0.25) is 0 Å². The van der Waals surface area contributed by atoms with Crippen molar-refractivity contribution in [2.45, 2.75) is 18.6 Å². The van der Waals surface area contributed by atoms with Crippen LogP contribution in [0.3, 0.4) is 0 Å². The minimum atomic E-state index is -0.572. The molecule has 2 aromatic rings. The van der Waals surface area contributed by atoms with E-state index in [0.717, 1.165) is 0 Å². The predicted molar refractivity (Wildman–Crippen MR) is 107 cm³/mol. The molecule has 7 heteroatoms. The Kier molecular flexibility index (Phi) is 5.67. The summed E-state index contributed by atoms with van der Waals surface area (Å²) in [5, 5.41) is 0. The summed E-state index contributed by atoms with van der Waals surface area (Å²) < 4.78 is 16.9. The molecule has 0 radical (unpaired) electrons. The van der Waals surface area contributed by atoms with Crippen molar-refractivity contribution in [3.05, 3.63) is 54.6 Å². The number of likely N-dealkylation sites (tertiary alicyclic amines) is 1. The Bertz CT molecular complexity index is 873. The highest BCUT2D eigenvalue weighted by molar-refractivity contribution is 6.01. The van der Waals surface area contributed by atoms with Crippen LogP contribution in [-0.4, -0.2) is 62.3 Å². The van der Waals surface area contributed by atoms with Crippen molar-refractivity contribution in [1.29, 1.82) is 0 Å².